The van der Waals surface area contributed by atoms with Gasteiger partial charge in [0.1, 0.15) is 0 Å². The summed E-state index contributed by atoms with van der Waals surface area (Å²) in [6.45, 7) is 1.27. The molecule has 0 bridgehead atoms. The van der Waals surface area contributed by atoms with E-state index in [-0.39, 0.29) is 10.9 Å². The van der Waals surface area contributed by atoms with Gasteiger partial charge in [-0.3, -0.25) is 4.98 Å². The third-order valence-electron chi connectivity index (χ3n) is 6.69. The van der Waals surface area contributed by atoms with Gasteiger partial charge in [0, 0.05) is 42.9 Å². The highest BCUT2D eigenvalue weighted by molar-refractivity contribution is 7.90. The second-order valence-corrected chi connectivity index (χ2v) is 11.0. The van der Waals surface area contributed by atoms with Crippen LogP contribution in [0.2, 0.25) is 0 Å². The van der Waals surface area contributed by atoms with Crippen LogP contribution in [-0.2, 0) is 16.3 Å². The molecule has 2 amide bonds. The first-order valence-corrected chi connectivity index (χ1v) is 13.4. The number of nitrogens with one attached hydrogen (secondary N) is 1. The third kappa shape index (κ3) is 4.57. The SMILES string of the molecule is CS(=O)(=O)c1cccc(-c2cnc3c(n2)C(C2=CCN(C(=O)NC4CCCC4)CC2)=CC3)c1. The second-order valence-electron chi connectivity index (χ2n) is 9.03. The van der Waals surface area contributed by atoms with Crippen LogP contribution in [0.25, 0.3) is 16.8 Å². The van der Waals surface area contributed by atoms with Crippen molar-refractivity contribution in [1.29, 1.82) is 0 Å². The minimum atomic E-state index is -3.30. The maximum Gasteiger partial charge on any atom is 0.317 e. The number of aromatic nitrogens is 2. The topological polar surface area (TPSA) is 92.3 Å². The van der Waals surface area contributed by atoms with E-state index in [2.05, 4.69) is 22.5 Å². The summed E-state index contributed by atoms with van der Waals surface area (Å²) in [7, 11) is -3.30. The van der Waals surface area contributed by atoms with Crippen molar-refractivity contribution in [2.45, 2.75) is 49.5 Å². The number of fused-ring (bicyclic) bond motifs is 1. The van der Waals surface area contributed by atoms with Crippen molar-refractivity contribution in [2.24, 2.45) is 0 Å². The summed E-state index contributed by atoms with van der Waals surface area (Å²) in [5, 5.41) is 3.17. The molecule has 0 spiro atoms. The standard InChI is InChI=1S/C25H28N4O3S/c1-33(31,32)20-8-4-5-18(15-20)23-16-26-22-10-9-21(24(22)28-23)17-11-13-29(14-12-17)25(30)27-19-6-2-3-7-19/h4-5,8-9,11,15-16,19H,2-3,6-7,10,12-14H2,1H3,(H,27,30). The lowest BCUT2D eigenvalue weighted by Crippen LogP contribution is -2.45. The lowest BCUT2D eigenvalue weighted by atomic mass is 9.98. The number of rotatable bonds is 4. The maximum atomic E-state index is 12.6. The number of hydrogen-bond donors (Lipinski definition) is 1. The van der Waals surface area contributed by atoms with Crippen LogP contribution in [0.3, 0.4) is 0 Å². The van der Waals surface area contributed by atoms with Crippen LogP contribution in [0.15, 0.2) is 53.1 Å². The monoisotopic (exact) mass is 464 g/mol. The Morgan fingerprint density at radius 3 is 2.73 bits per heavy atom. The Morgan fingerprint density at radius 1 is 1.18 bits per heavy atom. The minimum absolute atomic E-state index is 0.0332. The maximum absolute atomic E-state index is 12.6. The molecule has 8 heteroatoms. The van der Waals surface area contributed by atoms with Crippen molar-refractivity contribution in [3.05, 3.63) is 59.6 Å². The largest absolute Gasteiger partial charge is 0.335 e. The number of nitrogens with zero attached hydrogens (tertiary/aromatic N) is 3. The summed E-state index contributed by atoms with van der Waals surface area (Å²) in [4.78, 5) is 24.2. The van der Waals surface area contributed by atoms with Crippen molar-refractivity contribution in [3.63, 3.8) is 0 Å². The molecule has 1 aromatic carbocycles. The van der Waals surface area contributed by atoms with Gasteiger partial charge >= 0.3 is 6.03 Å². The molecule has 1 fully saturated rings. The van der Waals surface area contributed by atoms with Crippen LogP contribution < -0.4 is 5.32 Å². The number of carbonyl (C=O) groups is 1. The predicted octanol–water partition coefficient (Wildman–Crippen LogP) is 3.77. The summed E-state index contributed by atoms with van der Waals surface area (Å²) in [6, 6.07) is 7.17. The molecular formula is C25H28N4O3S. The Morgan fingerprint density at radius 2 is 2.00 bits per heavy atom. The Hall–Kier alpha value is -3.00. The van der Waals surface area contributed by atoms with Crippen LogP contribution in [0.4, 0.5) is 4.79 Å². The van der Waals surface area contributed by atoms with Gasteiger partial charge < -0.3 is 10.2 Å². The molecule has 0 unspecified atom stereocenters. The Balaban J connectivity index is 1.34. The van der Waals surface area contributed by atoms with Crippen molar-refractivity contribution in [2.75, 3.05) is 19.3 Å². The molecule has 1 aromatic heterocycles. The zero-order valence-corrected chi connectivity index (χ0v) is 19.6. The van der Waals surface area contributed by atoms with E-state index in [1.165, 1.54) is 24.7 Å². The van der Waals surface area contributed by atoms with Gasteiger partial charge in [0.05, 0.1) is 28.2 Å². The first kappa shape index (κ1) is 21.8. The summed E-state index contributed by atoms with van der Waals surface area (Å²) in [6.07, 6.45) is 13.3. The van der Waals surface area contributed by atoms with Crippen molar-refractivity contribution in [1.82, 2.24) is 20.2 Å². The Kier molecular flexibility index (Phi) is 5.78. The molecule has 1 saturated carbocycles. The van der Waals surface area contributed by atoms with Crippen LogP contribution >= 0.6 is 0 Å². The molecular weight excluding hydrogens is 436 g/mol. The van der Waals surface area contributed by atoms with Gasteiger partial charge in [-0.1, -0.05) is 37.1 Å². The van der Waals surface area contributed by atoms with E-state index in [1.807, 2.05) is 11.0 Å². The van der Waals surface area contributed by atoms with E-state index in [0.717, 1.165) is 48.2 Å². The van der Waals surface area contributed by atoms with Crippen molar-refractivity contribution < 1.29 is 13.2 Å². The number of amides is 2. The van der Waals surface area contributed by atoms with Crippen LogP contribution in [0, 0.1) is 0 Å². The average molecular weight is 465 g/mol. The van der Waals surface area contributed by atoms with Gasteiger partial charge in [-0.05, 0) is 37.0 Å². The fraction of sp³-hybridized carbons (Fsp3) is 0.400. The molecule has 2 aliphatic carbocycles. The van der Waals surface area contributed by atoms with Gasteiger partial charge in [0.15, 0.2) is 9.84 Å². The van der Waals surface area contributed by atoms with Crippen LogP contribution in [0.1, 0.15) is 43.5 Å². The van der Waals surface area contributed by atoms with Crippen LogP contribution in [-0.4, -0.2) is 54.7 Å². The molecule has 0 atom stereocenters. The van der Waals surface area contributed by atoms with Crippen molar-refractivity contribution in [3.8, 4) is 11.3 Å². The highest BCUT2D eigenvalue weighted by atomic mass is 32.2. The summed E-state index contributed by atoms with van der Waals surface area (Å²) in [5.74, 6) is 0. The van der Waals surface area contributed by atoms with E-state index >= 15 is 0 Å². The first-order valence-electron chi connectivity index (χ1n) is 11.5. The van der Waals surface area contributed by atoms with E-state index in [1.54, 1.807) is 24.4 Å². The number of sulfone groups is 1. The van der Waals surface area contributed by atoms with E-state index < -0.39 is 9.84 Å². The Bertz CT molecular complexity index is 1260. The quantitative estimate of drug-likeness (QED) is 0.744. The molecule has 2 aromatic rings. The fourth-order valence-corrected chi connectivity index (χ4v) is 5.48. The number of urea groups is 1. The zero-order chi connectivity index (χ0) is 23.0. The predicted molar refractivity (Wildman–Crippen MR) is 127 cm³/mol. The van der Waals surface area contributed by atoms with E-state index in [9.17, 15) is 13.2 Å². The molecule has 0 radical (unpaired) electrons. The summed E-state index contributed by atoms with van der Waals surface area (Å²) < 4.78 is 23.9. The van der Waals surface area contributed by atoms with Gasteiger partial charge in [-0.15, -0.1) is 0 Å². The Labute approximate surface area is 194 Å². The van der Waals surface area contributed by atoms with Gasteiger partial charge in [0.25, 0.3) is 0 Å². The number of allylic oxidation sites excluding steroid dienone is 2. The highest BCUT2D eigenvalue weighted by Gasteiger charge is 2.26. The number of hydrogen-bond acceptors (Lipinski definition) is 5. The summed E-state index contributed by atoms with van der Waals surface area (Å²) >= 11 is 0. The van der Waals surface area contributed by atoms with E-state index in [0.29, 0.717) is 24.8 Å². The lowest BCUT2D eigenvalue weighted by molar-refractivity contribution is 0.198. The minimum Gasteiger partial charge on any atom is -0.335 e. The molecule has 3 aliphatic rings. The second kappa shape index (κ2) is 8.74. The molecule has 0 saturated heterocycles. The average Bonchev–Trinajstić information content (AvgIpc) is 3.48. The molecule has 1 aliphatic heterocycles. The van der Waals surface area contributed by atoms with Crippen LogP contribution in [0.5, 0.6) is 0 Å². The van der Waals surface area contributed by atoms with E-state index in [4.69, 9.17) is 4.98 Å². The van der Waals surface area contributed by atoms with Gasteiger partial charge in [-0.25, -0.2) is 18.2 Å². The zero-order valence-electron chi connectivity index (χ0n) is 18.8. The first-order chi connectivity index (χ1) is 15.9. The molecule has 5 rings (SSSR count). The third-order valence-corrected chi connectivity index (χ3v) is 7.80. The summed E-state index contributed by atoms with van der Waals surface area (Å²) in [5.41, 5.74) is 5.43. The highest BCUT2D eigenvalue weighted by Crippen LogP contribution is 2.35. The van der Waals surface area contributed by atoms with Gasteiger partial charge in [-0.2, -0.15) is 0 Å². The molecule has 172 valence electrons. The molecule has 33 heavy (non-hydrogen) atoms. The lowest BCUT2D eigenvalue weighted by Gasteiger charge is -2.28. The number of carbonyl (C=O) groups excluding carboxylic acids is 1. The molecule has 2 heterocycles. The molecule has 7 nitrogen and oxygen atoms in total. The fourth-order valence-electron chi connectivity index (χ4n) is 4.82. The normalized spacial score (nSPS) is 18.6. The number of benzene rings is 1. The van der Waals surface area contributed by atoms with Gasteiger partial charge in [0.2, 0.25) is 0 Å². The smallest absolute Gasteiger partial charge is 0.317 e. The molecule has 1 N–H and O–H groups in total. The van der Waals surface area contributed by atoms with Crippen molar-refractivity contribution >= 4 is 21.4 Å².